The molecule has 0 unspecified atom stereocenters. The Morgan fingerprint density at radius 3 is 2.72 bits per heavy atom. The van der Waals surface area contributed by atoms with Gasteiger partial charge in [-0.1, -0.05) is 30.3 Å². The molecule has 0 spiro atoms. The fraction of sp³-hybridized carbons (Fsp3) is 0.167. The van der Waals surface area contributed by atoms with Gasteiger partial charge in [0.25, 0.3) is 5.56 Å². The highest BCUT2D eigenvalue weighted by molar-refractivity contribution is 9.10. The summed E-state index contributed by atoms with van der Waals surface area (Å²) in [6, 6.07) is 10.8. The van der Waals surface area contributed by atoms with E-state index >= 15 is 0 Å². The summed E-state index contributed by atoms with van der Waals surface area (Å²) in [6.07, 6.45) is 2.88. The number of hydrogen-bond donors (Lipinski definition) is 0. The molecule has 0 N–H and O–H groups in total. The molecule has 3 aromatic rings. The van der Waals surface area contributed by atoms with Gasteiger partial charge < -0.3 is 4.57 Å². The molecule has 0 aliphatic heterocycles. The van der Waals surface area contributed by atoms with Crippen LogP contribution >= 0.6 is 15.9 Å². The number of carbonyl (C=O) groups excluding carboxylic acids is 1. The van der Waals surface area contributed by atoms with Gasteiger partial charge in [-0.2, -0.15) is 5.10 Å². The lowest BCUT2D eigenvalue weighted by Gasteiger charge is -2.07. The number of aromatic nitrogens is 3. The van der Waals surface area contributed by atoms with E-state index in [1.165, 1.54) is 12.4 Å². The number of carbonyl (C=O) groups is 1. The minimum Gasteiger partial charge on any atom is -0.304 e. The normalized spacial score (nSPS) is 10.8. The molecular formula is C18H15BrFN3O2. The van der Waals surface area contributed by atoms with Crippen molar-refractivity contribution in [2.75, 3.05) is 0 Å². The maximum atomic E-state index is 13.5. The van der Waals surface area contributed by atoms with E-state index in [4.69, 9.17) is 0 Å². The summed E-state index contributed by atoms with van der Waals surface area (Å²) in [5.41, 5.74) is 1.37. The summed E-state index contributed by atoms with van der Waals surface area (Å²) in [7, 11) is 0. The van der Waals surface area contributed by atoms with Crippen LogP contribution in [0, 0.1) is 12.7 Å². The van der Waals surface area contributed by atoms with Gasteiger partial charge in [-0.05, 0) is 34.5 Å². The van der Waals surface area contributed by atoms with E-state index in [0.717, 1.165) is 16.2 Å². The molecule has 0 radical (unpaired) electrons. The van der Waals surface area contributed by atoms with Crippen LogP contribution in [0.15, 0.2) is 58.1 Å². The number of pyridine rings is 1. The van der Waals surface area contributed by atoms with E-state index < -0.39 is 11.4 Å². The first-order chi connectivity index (χ1) is 12.0. The van der Waals surface area contributed by atoms with Gasteiger partial charge in [-0.3, -0.25) is 14.3 Å². The van der Waals surface area contributed by atoms with Crippen LogP contribution in [0.1, 0.15) is 21.6 Å². The van der Waals surface area contributed by atoms with Gasteiger partial charge in [0.2, 0.25) is 0 Å². The van der Waals surface area contributed by atoms with Crippen molar-refractivity contribution in [3.8, 4) is 0 Å². The van der Waals surface area contributed by atoms with Gasteiger partial charge in [0.15, 0.2) is 11.6 Å². The van der Waals surface area contributed by atoms with Crippen LogP contribution in [0.5, 0.6) is 0 Å². The van der Waals surface area contributed by atoms with Crippen molar-refractivity contribution in [1.82, 2.24) is 14.3 Å². The zero-order valence-electron chi connectivity index (χ0n) is 13.4. The molecule has 0 fully saturated rings. The topological polar surface area (TPSA) is 56.9 Å². The fourth-order valence-corrected chi connectivity index (χ4v) is 3.01. The first kappa shape index (κ1) is 17.3. The smallest absolute Gasteiger partial charge is 0.287 e. The Bertz CT molecular complexity index is 980. The lowest BCUT2D eigenvalue weighted by Crippen LogP contribution is -2.26. The Morgan fingerprint density at radius 2 is 2.00 bits per heavy atom. The largest absolute Gasteiger partial charge is 0.304 e. The molecule has 128 valence electrons. The zero-order chi connectivity index (χ0) is 18.0. The maximum absolute atomic E-state index is 13.5. The van der Waals surface area contributed by atoms with E-state index in [0.29, 0.717) is 22.3 Å². The Hall–Kier alpha value is -2.54. The molecule has 1 aromatic carbocycles. The number of Topliss-reactive ketones (excluding diaryl/α,β-unsaturated/α-hetero) is 1. The van der Waals surface area contributed by atoms with Crippen molar-refractivity contribution >= 4 is 21.7 Å². The Kier molecular flexibility index (Phi) is 4.94. The molecule has 5 nitrogen and oxygen atoms in total. The minimum absolute atomic E-state index is 0.243. The quantitative estimate of drug-likeness (QED) is 0.614. The number of nitrogens with zero attached hydrogens (tertiary/aromatic N) is 3. The van der Waals surface area contributed by atoms with Gasteiger partial charge in [0.05, 0.1) is 24.8 Å². The molecule has 2 heterocycles. The Morgan fingerprint density at radius 1 is 1.28 bits per heavy atom. The second-order valence-corrected chi connectivity index (χ2v) is 6.57. The van der Waals surface area contributed by atoms with Crippen molar-refractivity contribution in [2.45, 2.75) is 20.0 Å². The lowest BCUT2D eigenvalue weighted by molar-refractivity contribution is 0.0969. The second-order valence-electron chi connectivity index (χ2n) is 5.65. The third-order valence-electron chi connectivity index (χ3n) is 3.90. The zero-order valence-corrected chi connectivity index (χ0v) is 15.0. The molecule has 25 heavy (non-hydrogen) atoms. The van der Waals surface area contributed by atoms with Crippen LogP contribution in [0.3, 0.4) is 0 Å². The van der Waals surface area contributed by atoms with E-state index in [1.807, 2.05) is 30.3 Å². The summed E-state index contributed by atoms with van der Waals surface area (Å²) < 4.78 is 16.7. The van der Waals surface area contributed by atoms with Crippen LogP contribution in [0.4, 0.5) is 4.39 Å². The van der Waals surface area contributed by atoms with Crippen molar-refractivity contribution in [2.24, 2.45) is 0 Å². The van der Waals surface area contributed by atoms with E-state index in [2.05, 4.69) is 21.0 Å². The summed E-state index contributed by atoms with van der Waals surface area (Å²) in [4.78, 5) is 24.3. The number of halogens is 2. The Labute approximate surface area is 151 Å². The predicted molar refractivity (Wildman–Crippen MR) is 95.2 cm³/mol. The highest BCUT2D eigenvalue weighted by Gasteiger charge is 2.16. The van der Waals surface area contributed by atoms with Crippen LogP contribution in [-0.4, -0.2) is 20.1 Å². The van der Waals surface area contributed by atoms with Crippen molar-refractivity contribution in [1.29, 1.82) is 0 Å². The van der Waals surface area contributed by atoms with E-state index in [9.17, 15) is 14.0 Å². The van der Waals surface area contributed by atoms with Gasteiger partial charge in [0.1, 0.15) is 0 Å². The molecule has 0 aliphatic rings. The van der Waals surface area contributed by atoms with Crippen LogP contribution in [-0.2, 0) is 13.1 Å². The standard InChI is InChI=1S/C18H15BrFN3O2/c1-12-15(8-21-23(12)9-13-5-3-2-4-6-13)17(24)11-22-10-14(19)7-16(20)18(22)25/h2-8,10H,9,11H2,1H3. The van der Waals surface area contributed by atoms with Gasteiger partial charge in [-0.25, -0.2) is 4.39 Å². The van der Waals surface area contributed by atoms with Gasteiger partial charge >= 0.3 is 0 Å². The molecule has 0 saturated carbocycles. The Balaban J connectivity index is 1.83. The van der Waals surface area contributed by atoms with Gasteiger partial charge in [-0.15, -0.1) is 0 Å². The summed E-state index contributed by atoms with van der Waals surface area (Å²) >= 11 is 3.12. The number of hydrogen-bond acceptors (Lipinski definition) is 3. The molecule has 0 atom stereocenters. The van der Waals surface area contributed by atoms with Crippen molar-refractivity contribution in [3.05, 3.63) is 86.3 Å². The first-order valence-corrected chi connectivity index (χ1v) is 8.40. The van der Waals surface area contributed by atoms with Crippen LogP contribution in [0.2, 0.25) is 0 Å². The monoisotopic (exact) mass is 403 g/mol. The molecule has 0 aliphatic carbocycles. The van der Waals surface area contributed by atoms with Crippen LogP contribution < -0.4 is 5.56 Å². The summed E-state index contributed by atoms with van der Waals surface area (Å²) in [6.45, 7) is 2.10. The minimum atomic E-state index is -0.904. The molecule has 0 bridgehead atoms. The van der Waals surface area contributed by atoms with Crippen molar-refractivity contribution < 1.29 is 9.18 Å². The molecule has 0 amide bonds. The first-order valence-electron chi connectivity index (χ1n) is 7.60. The molecule has 2 aromatic heterocycles. The number of ketones is 1. The van der Waals surface area contributed by atoms with E-state index in [-0.39, 0.29) is 12.3 Å². The predicted octanol–water partition coefficient (Wildman–Crippen LogP) is 3.19. The van der Waals surface area contributed by atoms with Crippen molar-refractivity contribution in [3.63, 3.8) is 0 Å². The van der Waals surface area contributed by atoms with Gasteiger partial charge in [0, 0.05) is 16.4 Å². The molecule has 0 saturated heterocycles. The lowest BCUT2D eigenvalue weighted by atomic mass is 10.1. The molecule has 3 rings (SSSR count). The highest BCUT2D eigenvalue weighted by atomic mass is 79.9. The SMILES string of the molecule is Cc1c(C(=O)Cn2cc(Br)cc(F)c2=O)cnn1Cc1ccccc1. The summed E-state index contributed by atoms with van der Waals surface area (Å²) in [5.74, 6) is -1.20. The molecule has 7 heteroatoms. The average molecular weight is 404 g/mol. The number of benzene rings is 1. The third kappa shape index (κ3) is 3.76. The fourth-order valence-electron chi connectivity index (χ4n) is 2.56. The van der Waals surface area contributed by atoms with Crippen LogP contribution in [0.25, 0.3) is 0 Å². The second kappa shape index (κ2) is 7.14. The third-order valence-corrected chi connectivity index (χ3v) is 4.34. The van der Waals surface area contributed by atoms with E-state index in [1.54, 1.807) is 11.6 Å². The average Bonchev–Trinajstić information content (AvgIpc) is 2.94. The number of rotatable bonds is 5. The highest BCUT2D eigenvalue weighted by Crippen LogP contribution is 2.13. The summed E-state index contributed by atoms with van der Waals surface area (Å²) in [5, 5.41) is 4.26. The maximum Gasteiger partial charge on any atom is 0.287 e. The molecular weight excluding hydrogens is 389 g/mol.